The zero-order valence-electron chi connectivity index (χ0n) is 61.4. The normalized spacial score (nSPS) is 16.9. The Balaban J connectivity index is 0.000000175. The number of halogens is 1. The fourth-order valence-electron chi connectivity index (χ4n) is 11.9. The quantitative estimate of drug-likeness (QED) is 0.0961. The molecular formula is C80H106BBrN8O9. The first-order valence-corrected chi connectivity index (χ1v) is 35.7. The summed E-state index contributed by atoms with van der Waals surface area (Å²) in [6, 6.07) is 41.5. The number of carbonyl (C=O) groups excluding carboxylic acids is 3. The molecule has 99 heavy (non-hydrogen) atoms. The molecule has 0 radical (unpaired) electrons. The number of rotatable bonds is 4. The van der Waals surface area contributed by atoms with Crippen LogP contribution in [0.15, 0.2) is 168 Å². The van der Waals surface area contributed by atoms with Crippen molar-refractivity contribution in [3.63, 3.8) is 0 Å². The Morgan fingerprint density at radius 2 is 0.869 bits per heavy atom. The molecule has 0 bridgehead atoms. The maximum Gasteiger partial charge on any atom is 0.490 e. The first-order chi connectivity index (χ1) is 47.1. The molecule has 9 heterocycles. The molecule has 0 saturated carbocycles. The highest BCUT2D eigenvalue weighted by Crippen LogP contribution is 2.40. The average molecular weight is 1410 g/mol. The van der Waals surface area contributed by atoms with Gasteiger partial charge in [-0.1, -0.05) is 123 Å². The van der Waals surface area contributed by atoms with Crippen LogP contribution in [0.3, 0.4) is 0 Å². The van der Waals surface area contributed by atoms with Crippen LogP contribution in [0.5, 0.6) is 0 Å². The van der Waals surface area contributed by atoms with Gasteiger partial charge in [-0.2, -0.15) is 0 Å². The molecule has 530 valence electrons. The third-order valence-corrected chi connectivity index (χ3v) is 18.2. The van der Waals surface area contributed by atoms with E-state index in [9.17, 15) is 14.4 Å². The first-order valence-electron chi connectivity index (χ1n) is 35.0. The number of pyridine rings is 4. The number of ether oxygens (including phenoxy) is 3. The number of carbonyl (C=O) groups is 3. The lowest BCUT2D eigenvalue weighted by Gasteiger charge is -2.33. The van der Waals surface area contributed by atoms with Crippen LogP contribution in [0.25, 0.3) is 48.7 Å². The van der Waals surface area contributed by atoms with Crippen molar-refractivity contribution >= 4 is 90.0 Å². The van der Waals surface area contributed by atoms with Gasteiger partial charge in [-0.05, 0) is 214 Å². The van der Waals surface area contributed by atoms with E-state index in [1.807, 2.05) is 176 Å². The van der Waals surface area contributed by atoms with Gasteiger partial charge in [-0.25, -0.2) is 19.4 Å². The molecule has 5 aliphatic heterocycles. The molecular weight excluding hydrogens is 1310 g/mol. The second kappa shape index (κ2) is 36.0. The average Bonchev–Trinajstić information content (AvgIpc) is 1.65. The molecule has 8 aromatic rings. The summed E-state index contributed by atoms with van der Waals surface area (Å²) in [5, 5.41) is 20.2. The van der Waals surface area contributed by atoms with Crippen molar-refractivity contribution in [1.82, 2.24) is 40.0 Å². The number of hydrogen-bond acceptors (Lipinski definition) is 14. The number of likely N-dealkylation sites (tertiary alicyclic amines) is 1. The van der Waals surface area contributed by atoms with Crippen LogP contribution >= 0.6 is 15.9 Å². The van der Waals surface area contributed by atoms with E-state index in [1.165, 1.54) is 56.4 Å². The predicted molar refractivity (Wildman–Crippen MR) is 406 cm³/mol. The van der Waals surface area contributed by atoms with Gasteiger partial charge in [0.2, 0.25) is 0 Å². The summed E-state index contributed by atoms with van der Waals surface area (Å²) in [5.41, 5.74) is 3.75. The van der Waals surface area contributed by atoms with E-state index in [2.05, 4.69) is 126 Å². The first kappa shape index (κ1) is 78.5. The van der Waals surface area contributed by atoms with E-state index in [0.29, 0.717) is 38.0 Å². The molecule has 4 aromatic carbocycles. The van der Waals surface area contributed by atoms with Gasteiger partial charge in [0.1, 0.15) is 21.4 Å². The topological polar surface area (TPSA) is 191 Å². The highest BCUT2D eigenvalue weighted by molar-refractivity contribution is 9.10. The van der Waals surface area contributed by atoms with Crippen molar-refractivity contribution in [3.8, 4) is 0 Å². The van der Waals surface area contributed by atoms with Gasteiger partial charge in [0.25, 0.3) is 0 Å². The van der Waals surface area contributed by atoms with Gasteiger partial charge >= 0.3 is 25.4 Å². The van der Waals surface area contributed by atoms with Crippen molar-refractivity contribution in [2.45, 2.75) is 182 Å². The summed E-state index contributed by atoms with van der Waals surface area (Å²) >= 11 is 3.39. The maximum atomic E-state index is 12.2. The Morgan fingerprint density at radius 1 is 0.495 bits per heavy atom. The van der Waals surface area contributed by atoms with Crippen LogP contribution in [0.1, 0.15) is 171 Å². The van der Waals surface area contributed by atoms with E-state index in [-0.39, 0.29) is 36.6 Å². The standard InChI is InChI=1S/C19H24N2O2.C19H22N2O2.C16H28BNO4.C14H16N2.C9H6BrN.C2H6.CH4O/c2*1-19(2,3)23-18(22)21-12-9-15(10-13-21)17-16-7-5-4-6-14(16)8-11-20-17;1-14(2,3)20-13(19)18-10-8-12(9-11-18)17-21-15(4,5)16(6,7)22-17;1-2-4-13-11(3-1)7-10-16-14(13)12-5-8-15-9-6-12;10-9-8-4-2-1-3-7(8)5-6-11-9;2*1-2/h4-8,11,15H,9-10,12-13H2,1-3H3;4-9,11H,10,12-13H2,1-3H3;8H,9-11H2,1-7H3;1-4,7,10,12,15H,5-6,8-9H2;1-6H;1-2H3;2H,1H3. The molecule has 4 aromatic heterocycles. The Morgan fingerprint density at radius 3 is 1.29 bits per heavy atom. The summed E-state index contributed by atoms with van der Waals surface area (Å²) < 4.78 is 29.3. The molecule has 0 atom stereocenters. The molecule has 0 aliphatic carbocycles. The number of nitrogens with one attached hydrogen (secondary N) is 1. The Labute approximate surface area is 596 Å². The monoisotopic (exact) mass is 1410 g/mol. The third kappa shape index (κ3) is 22.6. The number of aliphatic hydroxyl groups excluding tert-OH is 1. The summed E-state index contributed by atoms with van der Waals surface area (Å²) in [6.45, 7) is 35.2. The number of hydrogen-bond donors (Lipinski definition) is 2. The molecule has 3 saturated heterocycles. The Hall–Kier alpha value is -7.81. The number of piperidine rings is 2. The fourth-order valence-corrected chi connectivity index (χ4v) is 12.4. The second-order valence-electron chi connectivity index (χ2n) is 28.8. The van der Waals surface area contributed by atoms with Gasteiger partial charge in [0.15, 0.2) is 0 Å². The number of benzene rings is 4. The van der Waals surface area contributed by atoms with Crippen LogP contribution < -0.4 is 5.32 Å². The third-order valence-electron chi connectivity index (χ3n) is 17.6. The molecule has 17 nitrogen and oxygen atoms in total. The molecule has 19 heteroatoms. The smallest absolute Gasteiger partial charge is 0.444 e. The lowest BCUT2D eigenvalue weighted by Crippen LogP contribution is -2.41. The number of fused-ring (bicyclic) bond motifs is 4. The molecule has 0 spiro atoms. The minimum absolute atomic E-state index is 0.207. The molecule has 2 N–H and O–H groups in total. The lowest BCUT2D eigenvalue weighted by molar-refractivity contribution is 0.00578. The van der Waals surface area contributed by atoms with Gasteiger partial charge in [0.05, 0.1) is 28.3 Å². The molecule has 3 amide bonds. The predicted octanol–water partition coefficient (Wildman–Crippen LogP) is 18.1. The number of aromatic nitrogens is 4. The van der Waals surface area contributed by atoms with E-state index in [1.54, 1.807) is 16.0 Å². The fraction of sp³-hybridized carbons (Fsp3) is 0.463. The Kier molecular flexibility index (Phi) is 28.6. The summed E-state index contributed by atoms with van der Waals surface area (Å²) in [5.74, 6) is 1.03. The van der Waals surface area contributed by atoms with Crippen LogP contribution in [0, 0.1) is 0 Å². The summed E-state index contributed by atoms with van der Waals surface area (Å²) in [7, 11) is 0.686. The van der Waals surface area contributed by atoms with Crippen molar-refractivity contribution in [1.29, 1.82) is 0 Å². The molecule has 13 rings (SSSR count). The van der Waals surface area contributed by atoms with Gasteiger partial charge in [-0.3, -0.25) is 15.0 Å². The van der Waals surface area contributed by atoms with Crippen molar-refractivity contribution in [2.75, 3.05) is 59.5 Å². The highest BCUT2D eigenvalue weighted by atomic mass is 79.9. The highest BCUT2D eigenvalue weighted by Gasteiger charge is 2.52. The van der Waals surface area contributed by atoms with E-state index in [0.717, 1.165) is 91.2 Å². The van der Waals surface area contributed by atoms with E-state index >= 15 is 0 Å². The molecule has 0 unspecified atom stereocenters. The van der Waals surface area contributed by atoms with E-state index in [4.69, 9.17) is 28.6 Å². The van der Waals surface area contributed by atoms with Crippen molar-refractivity contribution in [3.05, 3.63) is 185 Å². The summed E-state index contributed by atoms with van der Waals surface area (Å²) in [6.07, 6.45) is 16.7. The number of aliphatic hydroxyl groups is 1. The van der Waals surface area contributed by atoms with Gasteiger partial charge in [0, 0.05) is 105 Å². The minimum atomic E-state index is -0.465. The molecule has 3 fully saturated rings. The van der Waals surface area contributed by atoms with Crippen LogP contribution in [-0.4, -0.2) is 153 Å². The maximum absolute atomic E-state index is 12.2. The zero-order chi connectivity index (χ0) is 72.1. The van der Waals surface area contributed by atoms with Crippen LogP contribution in [0.4, 0.5) is 14.4 Å². The number of nitrogens with zero attached hydrogens (tertiary/aromatic N) is 7. The minimum Gasteiger partial charge on any atom is -0.444 e. The van der Waals surface area contributed by atoms with Crippen molar-refractivity contribution < 1.29 is 43.0 Å². The van der Waals surface area contributed by atoms with Crippen LogP contribution in [-0.2, 0) is 23.5 Å². The van der Waals surface area contributed by atoms with Gasteiger partial charge in [-0.15, -0.1) is 0 Å². The largest absolute Gasteiger partial charge is 0.490 e. The number of amides is 3. The van der Waals surface area contributed by atoms with Gasteiger partial charge < -0.3 is 48.6 Å². The Bertz CT molecular complexity index is 3960. The molecule has 5 aliphatic rings. The summed E-state index contributed by atoms with van der Waals surface area (Å²) in [4.78, 5) is 59.5. The van der Waals surface area contributed by atoms with E-state index < -0.39 is 16.8 Å². The zero-order valence-corrected chi connectivity index (χ0v) is 63.0. The second-order valence-corrected chi connectivity index (χ2v) is 29.5. The van der Waals surface area contributed by atoms with Crippen LogP contribution in [0.2, 0.25) is 0 Å². The van der Waals surface area contributed by atoms with Crippen molar-refractivity contribution in [2.24, 2.45) is 0 Å². The SMILES string of the molecule is Brc1nccc2ccccc12.CC.CC(C)(C)OC(=O)N1CC=C(B2OC(C)(C)C(C)(C)O2)CC1.CC(C)(C)OC(=O)N1CC=C(c2nccc3ccccc23)CC1.CC(C)(C)OC(=O)N1CCC(c2nccc3ccccc23)CC1.CO.c1ccc2c(C3CCNCC3)nccc2c1. The lowest BCUT2D eigenvalue weighted by atomic mass is 9.75.